The minimum absolute atomic E-state index is 0.0267. The number of hydrogen-bond acceptors (Lipinski definition) is 3. The van der Waals surface area contributed by atoms with Gasteiger partial charge in [-0.1, -0.05) is 70.4 Å². The number of carbonyl (C=O) groups is 2. The second-order valence-electron chi connectivity index (χ2n) is 9.31. The lowest BCUT2D eigenvalue weighted by atomic mass is 10.1. The fourth-order valence-electron chi connectivity index (χ4n) is 4.01. The standard InChI is InChI=1S/C28H47N3O3/c1-3-4-5-6-7-8-9-10-11-12-13-14-15-16-17-18-27(32)29-20-22-30-21-19-26(2)31(24-23-30)25-28(33)34/h10-11H,3-9,12-18,20,22-25H2,1-2H3,(H-,29,32,33,34)/p+1. The molecule has 0 aromatic heterocycles. The maximum absolute atomic E-state index is 12.1. The van der Waals surface area contributed by atoms with Gasteiger partial charge < -0.3 is 15.3 Å². The molecule has 0 aliphatic carbocycles. The topological polar surface area (TPSA) is 72.7 Å². The second-order valence-corrected chi connectivity index (χ2v) is 9.31. The second kappa shape index (κ2) is 20.1. The van der Waals surface area contributed by atoms with Crippen LogP contribution >= 0.6 is 0 Å². The summed E-state index contributed by atoms with van der Waals surface area (Å²) in [4.78, 5) is 24.9. The number of amides is 1. The van der Waals surface area contributed by atoms with Crippen molar-refractivity contribution in [2.24, 2.45) is 0 Å². The molecule has 0 fully saturated rings. The number of carboxylic acid groups (broad SMARTS) is 1. The number of allylic oxidation sites excluding steroid dienone is 2. The van der Waals surface area contributed by atoms with E-state index in [2.05, 4.69) is 36.4 Å². The fourth-order valence-corrected chi connectivity index (χ4v) is 4.01. The van der Waals surface area contributed by atoms with Gasteiger partial charge in [-0.05, 0) is 32.1 Å². The van der Waals surface area contributed by atoms with Crippen molar-refractivity contribution in [1.82, 2.24) is 10.2 Å². The Labute approximate surface area is 207 Å². The van der Waals surface area contributed by atoms with Crippen molar-refractivity contribution in [3.8, 4) is 12.0 Å². The zero-order chi connectivity index (χ0) is 24.9. The number of nitrogens with one attached hydrogen (secondary N) is 1. The minimum atomic E-state index is -0.850. The van der Waals surface area contributed by atoms with Crippen LogP contribution in [0.3, 0.4) is 0 Å². The molecule has 6 heteroatoms. The SMILES string of the molecule is CCCCCCCCC=CCCCCCCCC(=O)NCCN1C#CC(C)=[N+](CC(=O)O)CC1. The van der Waals surface area contributed by atoms with E-state index in [0.717, 1.165) is 18.6 Å². The summed E-state index contributed by atoms with van der Waals surface area (Å²) in [6, 6.07) is 3.06. The maximum Gasteiger partial charge on any atom is 0.369 e. The van der Waals surface area contributed by atoms with Gasteiger partial charge in [0.25, 0.3) is 0 Å². The summed E-state index contributed by atoms with van der Waals surface area (Å²) in [7, 11) is 0. The van der Waals surface area contributed by atoms with Gasteiger partial charge in [-0.2, -0.15) is 0 Å². The third kappa shape index (κ3) is 16.3. The molecule has 0 aromatic carbocycles. The first kappa shape index (κ1) is 29.7. The predicted molar refractivity (Wildman–Crippen MR) is 140 cm³/mol. The van der Waals surface area contributed by atoms with Crippen molar-refractivity contribution in [3.63, 3.8) is 0 Å². The van der Waals surface area contributed by atoms with Crippen LogP contribution in [0.15, 0.2) is 12.2 Å². The average Bonchev–Trinajstić information content (AvgIpc) is 2.97. The first-order valence-corrected chi connectivity index (χ1v) is 13.5. The summed E-state index contributed by atoms with van der Waals surface area (Å²) in [6.07, 6.45) is 21.6. The maximum atomic E-state index is 12.1. The van der Waals surface area contributed by atoms with Crippen LogP contribution in [0.2, 0.25) is 0 Å². The van der Waals surface area contributed by atoms with Crippen LogP contribution in [0.25, 0.3) is 0 Å². The highest BCUT2D eigenvalue weighted by atomic mass is 16.4. The zero-order valence-corrected chi connectivity index (χ0v) is 21.7. The molecular formula is C28H48N3O3+. The van der Waals surface area contributed by atoms with Gasteiger partial charge in [0.2, 0.25) is 18.2 Å². The van der Waals surface area contributed by atoms with Gasteiger partial charge in [0, 0.05) is 38.4 Å². The van der Waals surface area contributed by atoms with Crippen LogP contribution in [-0.2, 0) is 9.59 Å². The van der Waals surface area contributed by atoms with E-state index < -0.39 is 5.97 Å². The van der Waals surface area contributed by atoms with Gasteiger partial charge in [0.05, 0.1) is 6.54 Å². The van der Waals surface area contributed by atoms with Crippen LogP contribution in [0.4, 0.5) is 0 Å². The molecule has 2 N–H and O–H groups in total. The van der Waals surface area contributed by atoms with Crippen molar-refractivity contribution < 1.29 is 19.3 Å². The highest BCUT2D eigenvalue weighted by Gasteiger charge is 2.17. The smallest absolute Gasteiger partial charge is 0.369 e. The Morgan fingerprint density at radius 3 is 2.26 bits per heavy atom. The van der Waals surface area contributed by atoms with Gasteiger partial charge in [-0.25, -0.2) is 9.37 Å². The van der Waals surface area contributed by atoms with E-state index in [-0.39, 0.29) is 12.5 Å². The van der Waals surface area contributed by atoms with E-state index in [1.54, 1.807) is 4.58 Å². The number of rotatable bonds is 20. The molecule has 0 unspecified atom stereocenters. The van der Waals surface area contributed by atoms with Crippen molar-refractivity contribution in [2.75, 3.05) is 32.7 Å². The largest absolute Gasteiger partial charge is 0.477 e. The summed E-state index contributed by atoms with van der Waals surface area (Å²) >= 11 is 0. The molecule has 1 aliphatic rings. The fraction of sp³-hybridized carbons (Fsp3) is 0.750. The van der Waals surface area contributed by atoms with Crippen LogP contribution < -0.4 is 5.32 Å². The number of aliphatic carboxylic acids is 1. The molecule has 0 atom stereocenters. The highest BCUT2D eigenvalue weighted by molar-refractivity contribution is 5.94. The molecule has 0 spiro atoms. The molecular weight excluding hydrogens is 426 g/mol. The van der Waals surface area contributed by atoms with Crippen molar-refractivity contribution in [3.05, 3.63) is 12.2 Å². The van der Waals surface area contributed by atoms with Gasteiger partial charge in [-0.3, -0.25) is 4.79 Å². The lowest BCUT2D eigenvalue weighted by Crippen LogP contribution is -2.35. The number of carbonyl (C=O) groups excluding carboxylic acids is 1. The number of carboxylic acids is 1. The third-order valence-electron chi connectivity index (χ3n) is 6.20. The lowest BCUT2D eigenvalue weighted by Gasteiger charge is -2.15. The number of nitrogens with zero attached hydrogens (tertiary/aromatic N) is 2. The molecule has 192 valence electrons. The Morgan fingerprint density at radius 1 is 1.00 bits per heavy atom. The summed E-state index contributed by atoms with van der Waals surface area (Å²) < 4.78 is 1.78. The monoisotopic (exact) mass is 474 g/mol. The molecule has 1 amide bonds. The first-order chi connectivity index (χ1) is 16.5. The predicted octanol–water partition coefficient (Wildman–Crippen LogP) is 4.97. The molecule has 6 nitrogen and oxygen atoms in total. The molecule has 34 heavy (non-hydrogen) atoms. The molecule has 1 rings (SSSR count). The molecule has 0 saturated carbocycles. The van der Waals surface area contributed by atoms with Crippen molar-refractivity contribution in [2.45, 2.75) is 104 Å². The summed E-state index contributed by atoms with van der Waals surface area (Å²) in [6.45, 7) is 6.58. The van der Waals surface area contributed by atoms with Gasteiger partial charge >= 0.3 is 5.97 Å². The van der Waals surface area contributed by atoms with E-state index in [0.29, 0.717) is 32.6 Å². The van der Waals surface area contributed by atoms with Gasteiger partial charge in [0.15, 0.2) is 6.54 Å². The summed E-state index contributed by atoms with van der Waals surface area (Å²) in [5.74, 6) is 2.27. The Morgan fingerprint density at radius 2 is 1.62 bits per heavy atom. The van der Waals surface area contributed by atoms with E-state index >= 15 is 0 Å². The van der Waals surface area contributed by atoms with Crippen molar-refractivity contribution in [1.29, 1.82) is 0 Å². The van der Waals surface area contributed by atoms with Crippen LogP contribution in [-0.4, -0.2) is 64.9 Å². The Hall–Kier alpha value is -2.29. The quantitative estimate of drug-likeness (QED) is 0.113. The van der Waals surface area contributed by atoms with E-state index in [1.807, 2.05) is 11.8 Å². The third-order valence-corrected chi connectivity index (χ3v) is 6.20. The first-order valence-electron chi connectivity index (χ1n) is 13.5. The van der Waals surface area contributed by atoms with E-state index in [1.165, 1.54) is 70.6 Å². The van der Waals surface area contributed by atoms with Crippen molar-refractivity contribution >= 4 is 17.6 Å². The number of unbranched alkanes of at least 4 members (excludes halogenated alkanes) is 11. The minimum Gasteiger partial charge on any atom is -0.477 e. The molecule has 0 aromatic rings. The molecule has 1 heterocycles. The molecule has 1 aliphatic heterocycles. The van der Waals surface area contributed by atoms with E-state index in [4.69, 9.17) is 5.11 Å². The summed E-state index contributed by atoms with van der Waals surface area (Å²) in [5, 5.41) is 12.0. The normalized spacial score (nSPS) is 13.6. The van der Waals surface area contributed by atoms with Gasteiger partial charge in [0.1, 0.15) is 0 Å². The Bertz CT molecular complexity index is 703. The highest BCUT2D eigenvalue weighted by Crippen LogP contribution is 2.10. The molecule has 0 saturated heterocycles. The average molecular weight is 475 g/mol. The van der Waals surface area contributed by atoms with Gasteiger partial charge in [-0.15, -0.1) is 0 Å². The Balaban J connectivity index is 1.95. The number of hydrogen-bond donors (Lipinski definition) is 2. The van der Waals surface area contributed by atoms with E-state index in [9.17, 15) is 9.59 Å². The zero-order valence-electron chi connectivity index (χ0n) is 21.7. The molecule has 0 bridgehead atoms. The van der Waals surface area contributed by atoms with Crippen LogP contribution in [0, 0.1) is 12.0 Å². The molecule has 0 radical (unpaired) electrons. The Kier molecular flexibility index (Phi) is 17.6. The lowest BCUT2D eigenvalue weighted by molar-refractivity contribution is -0.517. The summed E-state index contributed by atoms with van der Waals surface area (Å²) in [5.41, 5.74) is 0.776. The van der Waals surface area contributed by atoms with Crippen LogP contribution in [0.5, 0.6) is 0 Å². The van der Waals surface area contributed by atoms with Crippen LogP contribution in [0.1, 0.15) is 104 Å².